The van der Waals surface area contributed by atoms with Gasteiger partial charge in [0.1, 0.15) is 11.5 Å². The number of aromatic nitrogens is 2. The quantitative estimate of drug-likeness (QED) is 0.600. The second-order valence-electron chi connectivity index (χ2n) is 4.78. The maximum Gasteiger partial charge on any atom is 0.158 e. The molecule has 17 heavy (non-hydrogen) atoms. The average molecular weight is 235 g/mol. The van der Waals surface area contributed by atoms with Crippen LogP contribution in [-0.4, -0.2) is 28.4 Å². The molecule has 0 amide bonds. The third-order valence-corrected chi connectivity index (χ3v) is 2.39. The molecule has 0 spiro atoms. The Bertz CT molecular complexity index is 386. The van der Waals surface area contributed by atoms with Gasteiger partial charge in [0, 0.05) is 25.0 Å². The summed E-state index contributed by atoms with van der Waals surface area (Å²) >= 11 is 0. The van der Waals surface area contributed by atoms with Crippen molar-refractivity contribution < 1.29 is 0 Å². The Balaban J connectivity index is 3.13. The van der Waals surface area contributed by atoms with Gasteiger partial charge in [0.2, 0.25) is 0 Å². The first-order valence-electron chi connectivity index (χ1n) is 5.85. The summed E-state index contributed by atoms with van der Waals surface area (Å²) in [5, 5.41) is 7.54. The highest BCUT2D eigenvalue weighted by Gasteiger charge is 2.19. The van der Waals surface area contributed by atoms with Crippen molar-refractivity contribution in [1.29, 1.82) is 5.41 Å². The average Bonchev–Trinajstić information content (AvgIpc) is 2.25. The highest BCUT2D eigenvalue weighted by molar-refractivity contribution is 5.97. The Labute approximate surface area is 103 Å². The monoisotopic (exact) mass is 235 g/mol. The first-order valence-corrected chi connectivity index (χ1v) is 5.85. The van der Waals surface area contributed by atoms with Gasteiger partial charge in [-0.15, -0.1) is 0 Å². The van der Waals surface area contributed by atoms with E-state index in [1.807, 2.05) is 0 Å². The second kappa shape index (κ2) is 5.61. The highest BCUT2D eigenvalue weighted by atomic mass is 15.2. The minimum absolute atomic E-state index is 0.0393. The van der Waals surface area contributed by atoms with E-state index in [2.05, 4.69) is 42.6 Å². The van der Waals surface area contributed by atoms with Crippen LogP contribution < -0.4 is 10.6 Å². The molecule has 1 aromatic rings. The van der Waals surface area contributed by atoms with E-state index in [0.717, 1.165) is 6.54 Å². The van der Waals surface area contributed by atoms with E-state index in [4.69, 9.17) is 11.1 Å². The molecule has 0 radical (unpaired) electrons. The number of hydrogen-bond acceptors (Lipinski definition) is 4. The van der Waals surface area contributed by atoms with Gasteiger partial charge >= 0.3 is 0 Å². The highest BCUT2D eigenvalue weighted by Crippen LogP contribution is 2.18. The maximum absolute atomic E-state index is 7.54. The van der Waals surface area contributed by atoms with Gasteiger partial charge in [0.05, 0.1) is 0 Å². The van der Waals surface area contributed by atoms with Crippen molar-refractivity contribution in [3.63, 3.8) is 0 Å². The van der Waals surface area contributed by atoms with E-state index in [1.165, 1.54) is 0 Å². The van der Waals surface area contributed by atoms with Crippen LogP contribution >= 0.6 is 0 Å². The van der Waals surface area contributed by atoms with Crippen molar-refractivity contribution in [2.24, 2.45) is 11.7 Å². The number of hydrogen-bond donors (Lipinski definition) is 2. The van der Waals surface area contributed by atoms with Crippen LogP contribution in [0.1, 0.15) is 33.4 Å². The van der Waals surface area contributed by atoms with Crippen LogP contribution in [0.2, 0.25) is 0 Å². The molecule has 94 valence electrons. The van der Waals surface area contributed by atoms with E-state index in [-0.39, 0.29) is 5.84 Å². The molecule has 1 rings (SSSR count). The molecule has 0 aliphatic heterocycles. The zero-order chi connectivity index (χ0) is 13.0. The molecule has 0 fully saturated rings. The number of nitrogens with two attached hydrogens (primary N) is 1. The minimum atomic E-state index is -0.0393. The Morgan fingerprint density at radius 3 is 2.35 bits per heavy atom. The zero-order valence-corrected chi connectivity index (χ0v) is 10.9. The van der Waals surface area contributed by atoms with Crippen LogP contribution in [0.4, 0.5) is 5.82 Å². The molecule has 0 aliphatic rings. The summed E-state index contributed by atoms with van der Waals surface area (Å²) in [5.74, 6) is 1.17. The summed E-state index contributed by atoms with van der Waals surface area (Å²) in [7, 11) is 0. The topological polar surface area (TPSA) is 78.9 Å². The predicted molar refractivity (Wildman–Crippen MR) is 70.4 cm³/mol. The number of nitrogens with one attached hydrogen (secondary N) is 1. The molecular formula is C12H21N5. The number of rotatable bonds is 5. The molecule has 5 heteroatoms. The molecule has 0 bridgehead atoms. The van der Waals surface area contributed by atoms with Crippen molar-refractivity contribution in [2.45, 2.75) is 33.7 Å². The Morgan fingerprint density at radius 2 is 1.88 bits per heavy atom. The van der Waals surface area contributed by atoms with Gasteiger partial charge in [-0.25, -0.2) is 9.97 Å². The lowest BCUT2D eigenvalue weighted by Crippen LogP contribution is -2.36. The van der Waals surface area contributed by atoms with Gasteiger partial charge in [-0.1, -0.05) is 13.8 Å². The third kappa shape index (κ3) is 3.41. The molecule has 0 aliphatic carbocycles. The Hall–Kier alpha value is -1.65. The standard InChI is InChI=1S/C12H21N5/c1-8(2)7-17(9(3)4)12-10(11(13)14)15-5-6-16-12/h5-6,8-9H,7H2,1-4H3,(H3,13,14). The van der Waals surface area contributed by atoms with E-state index in [0.29, 0.717) is 23.5 Å². The lowest BCUT2D eigenvalue weighted by molar-refractivity contribution is 0.565. The van der Waals surface area contributed by atoms with Crippen LogP contribution in [0.3, 0.4) is 0 Å². The van der Waals surface area contributed by atoms with E-state index in [9.17, 15) is 0 Å². The van der Waals surface area contributed by atoms with Crippen molar-refractivity contribution in [3.05, 3.63) is 18.1 Å². The lowest BCUT2D eigenvalue weighted by Gasteiger charge is -2.30. The molecule has 0 saturated carbocycles. The van der Waals surface area contributed by atoms with Crippen molar-refractivity contribution in [3.8, 4) is 0 Å². The van der Waals surface area contributed by atoms with Crippen LogP contribution in [0, 0.1) is 11.3 Å². The summed E-state index contributed by atoms with van der Waals surface area (Å²) < 4.78 is 0. The third-order valence-electron chi connectivity index (χ3n) is 2.39. The maximum atomic E-state index is 7.54. The van der Waals surface area contributed by atoms with E-state index < -0.39 is 0 Å². The van der Waals surface area contributed by atoms with Crippen LogP contribution in [0.5, 0.6) is 0 Å². The van der Waals surface area contributed by atoms with Crippen LogP contribution in [-0.2, 0) is 0 Å². The molecule has 1 aromatic heterocycles. The van der Waals surface area contributed by atoms with Crippen molar-refractivity contribution in [2.75, 3.05) is 11.4 Å². The van der Waals surface area contributed by atoms with Crippen molar-refractivity contribution in [1.82, 2.24) is 9.97 Å². The predicted octanol–water partition coefficient (Wildman–Crippen LogP) is 1.63. The molecule has 0 aromatic carbocycles. The fourth-order valence-corrected chi connectivity index (χ4v) is 1.67. The van der Waals surface area contributed by atoms with Crippen molar-refractivity contribution >= 4 is 11.7 Å². The summed E-state index contributed by atoms with van der Waals surface area (Å²) in [4.78, 5) is 10.6. The summed E-state index contributed by atoms with van der Waals surface area (Å²) in [6, 6.07) is 0.298. The fourth-order valence-electron chi connectivity index (χ4n) is 1.67. The zero-order valence-electron chi connectivity index (χ0n) is 10.9. The van der Waals surface area contributed by atoms with E-state index >= 15 is 0 Å². The first kappa shape index (κ1) is 13.4. The smallest absolute Gasteiger partial charge is 0.158 e. The van der Waals surface area contributed by atoms with Gasteiger partial charge in [-0.3, -0.25) is 5.41 Å². The number of nitrogen functional groups attached to an aromatic ring is 1. The van der Waals surface area contributed by atoms with Gasteiger partial charge in [-0.2, -0.15) is 0 Å². The summed E-state index contributed by atoms with van der Waals surface area (Å²) in [6.45, 7) is 9.37. The Kier molecular flexibility index (Phi) is 4.43. The Morgan fingerprint density at radius 1 is 1.29 bits per heavy atom. The molecule has 0 saturated heterocycles. The first-order chi connectivity index (χ1) is 7.93. The summed E-state index contributed by atoms with van der Waals surface area (Å²) in [6.07, 6.45) is 3.20. The SMILES string of the molecule is CC(C)CN(c1nccnc1C(=N)N)C(C)C. The summed E-state index contributed by atoms with van der Waals surface area (Å²) in [5.41, 5.74) is 6.00. The largest absolute Gasteiger partial charge is 0.382 e. The molecule has 0 unspecified atom stereocenters. The van der Waals surface area contributed by atoms with Gasteiger partial charge < -0.3 is 10.6 Å². The number of amidine groups is 1. The molecule has 5 nitrogen and oxygen atoms in total. The normalized spacial score (nSPS) is 10.9. The fraction of sp³-hybridized carbons (Fsp3) is 0.583. The molecule has 0 atom stereocenters. The van der Waals surface area contributed by atoms with Gasteiger partial charge in [-0.05, 0) is 19.8 Å². The van der Waals surface area contributed by atoms with Gasteiger partial charge in [0.25, 0.3) is 0 Å². The number of nitrogens with zero attached hydrogens (tertiary/aromatic N) is 3. The second-order valence-corrected chi connectivity index (χ2v) is 4.78. The van der Waals surface area contributed by atoms with Crippen LogP contribution in [0.15, 0.2) is 12.4 Å². The molecule has 3 N–H and O–H groups in total. The van der Waals surface area contributed by atoms with Gasteiger partial charge in [0.15, 0.2) is 5.82 Å². The minimum Gasteiger partial charge on any atom is -0.382 e. The number of anilines is 1. The molecular weight excluding hydrogens is 214 g/mol. The molecule has 1 heterocycles. The van der Waals surface area contributed by atoms with E-state index in [1.54, 1.807) is 12.4 Å². The lowest BCUT2D eigenvalue weighted by atomic mass is 10.1. The van der Waals surface area contributed by atoms with Crippen LogP contribution in [0.25, 0.3) is 0 Å².